The smallest absolute Gasteiger partial charge is 0.103 e. The number of para-hydroxylation sites is 1. The van der Waals surface area contributed by atoms with E-state index in [0.717, 1.165) is 35.0 Å². The average Bonchev–Trinajstić information content (AvgIpc) is 2.54. The molecule has 1 aliphatic rings. The van der Waals surface area contributed by atoms with Crippen molar-refractivity contribution < 1.29 is 0 Å². The molecule has 21 heavy (non-hydrogen) atoms. The third kappa shape index (κ3) is 3.00. The van der Waals surface area contributed by atoms with Crippen LogP contribution >= 0.6 is 0 Å². The highest BCUT2D eigenvalue weighted by atomic mass is 14.9. The fraction of sp³-hybridized carbons (Fsp3) is 0.444. The molecule has 0 radical (unpaired) electrons. The van der Waals surface area contributed by atoms with Crippen molar-refractivity contribution in [2.45, 2.75) is 32.6 Å². The summed E-state index contributed by atoms with van der Waals surface area (Å²) in [6.45, 7) is 3.29. The summed E-state index contributed by atoms with van der Waals surface area (Å²) >= 11 is 0. The van der Waals surface area contributed by atoms with Crippen molar-refractivity contribution in [3.63, 3.8) is 0 Å². The van der Waals surface area contributed by atoms with E-state index in [9.17, 15) is 5.26 Å². The van der Waals surface area contributed by atoms with Crippen LogP contribution in [0.3, 0.4) is 0 Å². The number of benzene rings is 1. The van der Waals surface area contributed by atoms with Crippen LogP contribution in [0.5, 0.6) is 0 Å². The Hall–Kier alpha value is -2.08. The van der Waals surface area contributed by atoms with E-state index in [1.165, 1.54) is 25.7 Å². The van der Waals surface area contributed by atoms with Gasteiger partial charge >= 0.3 is 0 Å². The van der Waals surface area contributed by atoms with Crippen LogP contribution in [0.1, 0.15) is 38.2 Å². The quantitative estimate of drug-likeness (QED) is 0.909. The zero-order valence-electron chi connectivity index (χ0n) is 12.5. The lowest BCUT2D eigenvalue weighted by molar-refractivity contribution is 0.300. The highest BCUT2D eigenvalue weighted by Crippen LogP contribution is 2.30. The van der Waals surface area contributed by atoms with Crippen LogP contribution < -0.4 is 5.32 Å². The van der Waals surface area contributed by atoms with E-state index in [2.05, 4.69) is 23.3 Å². The Balaban J connectivity index is 1.81. The molecule has 1 N–H and O–H groups in total. The number of hydrogen-bond donors (Lipinski definition) is 1. The molecule has 3 heteroatoms. The van der Waals surface area contributed by atoms with Gasteiger partial charge in [-0.05, 0) is 30.7 Å². The first-order chi connectivity index (χ1) is 10.3. The van der Waals surface area contributed by atoms with Crippen molar-refractivity contribution in [3.05, 3.63) is 36.0 Å². The molecule has 0 bridgehead atoms. The number of fused-ring (bicyclic) bond motifs is 1. The largest absolute Gasteiger partial charge is 0.383 e. The molecule has 0 aliphatic heterocycles. The van der Waals surface area contributed by atoms with Crippen molar-refractivity contribution in [2.75, 3.05) is 11.9 Å². The molecule has 0 spiro atoms. The highest BCUT2D eigenvalue weighted by molar-refractivity contribution is 5.93. The van der Waals surface area contributed by atoms with Gasteiger partial charge in [0, 0.05) is 18.1 Å². The number of pyridine rings is 1. The minimum atomic E-state index is 0.637. The predicted molar refractivity (Wildman–Crippen MR) is 86.1 cm³/mol. The summed E-state index contributed by atoms with van der Waals surface area (Å²) in [5.74, 6) is 1.59. The summed E-state index contributed by atoms with van der Waals surface area (Å²) in [6, 6.07) is 10.3. The zero-order valence-corrected chi connectivity index (χ0v) is 12.5. The second-order valence-corrected chi connectivity index (χ2v) is 6.18. The van der Waals surface area contributed by atoms with Gasteiger partial charge in [0.25, 0.3) is 0 Å². The van der Waals surface area contributed by atoms with Gasteiger partial charge in [-0.2, -0.15) is 5.26 Å². The van der Waals surface area contributed by atoms with Crippen molar-refractivity contribution in [1.82, 2.24) is 4.98 Å². The molecule has 1 fully saturated rings. The van der Waals surface area contributed by atoms with E-state index in [-0.39, 0.29) is 0 Å². The van der Waals surface area contributed by atoms with Crippen LogP contribution in [-0.2, 0) is 0 Å². The Labute approximate surface area is 126 Å². The zero-order chi connectivity index (χ0) is 14.7. The van der Waals surface area contributed by atoms with Gasteiger partial charge in [-0.1, -0.05) is 38.0 Å². The molecular formula is C18H21N3. The van der Waals surface area contributed by atoms with E-state index in [0.29, 0.717) is 5.56 Å². The molecule has 2 aromatic rings. The predicted octanol–water partition coefficient (Wildman–Crippen LogP) is 4.34. The maximum atomic E-state index is 9.32. The first-order valence-electron chi connectivity index (χ1n) is 7.79. The topological polar surface area (TPSA) is 48.7 Å². The minimum Gasteiger partial charge on any atom is -0.383 e. The Morgan fingerprint density at radius 1 is 1.24 bits per heavy atom. The maximum Gasteiger partial charge on any atom is 0.103 e. The summed E-state index contributed by atoms with van der Waals surface area (Å²) < 4.78 is 0. The first-order valence-corrected chi connectivity index (χ1v) is 7.79. The molecule has 1 saturated carbocycles. The van der Waals surface area contributed by atoms with Crippen LogP contribution in [0.15, 0.2) is 30.5 Å². The summed E-state index contributed by atoms with van der Waals surface area (Å²) in [6.07, 6.45) is 6.91. The fourth-order valence-electron chi connectivity index (χ4n) is 3.20. The van der Waals surface area contributed by atoms with Gasteiger partial charge in [0.2, 0.25) is 0 Å². The summed E-state index contributed by atoms with van der Waals surface area (Å²) in [4.78, 5) is 4.35. The Bertz CT molecular complexity index is 664. The summed E-state index contributed by atoms with van der Waals surface area (Å²) in [5.41, 5.74) is 2.52. The minimum absolute atomic E-state index is 0.637. The van der Waals surface area contributed by atoms with Crippen LogP contribution in [0.2, 0.25) is 0 Å². The number of aromatic nitrogens is 1. The Morgan fingerprint density at radius 2 is 2.00 bits per heavy atom. The third-order valence-electron chi connectivity index (χ3n) is 4.60. The van der Waals surface area contributed by atoms with Crippen LogP contribution in [0, 0.1) is 23.2 Å². The number of anilines is 1. The number of nitriles is 1. The molecule has 3 rings (SSSR count). The number of rotatable bonds is 3. The molecular weight excluding hydrogens is 258 g/mol. The van der Waals surface area contributed by atoms with E-state index in [1.54, 1.807) is 6.20 Å². The monoisotopic (exact) mass is 279 g/mol. The van der Waals surface area contributed by atoms with Crippen LogP contribution in [0.25, 0.3) is 10.9 Å². The molecule has 0 amide bonds. The molecule has 0 unspecified atom stereocenters. The molecule has 1 heterocycles. The van der Waals surface area contributed by atoms with Crippen LogP contribution in [0.4, 0.5) is 5.69 Å². The lowest BCUT2D eigenvalue weighted by atomic mass is 9.83. The standard InChI is InChI=1S/C18H21N3/c1-13-6-8-14(9-7-13)11-21-18-15(10-19)12-20-17-5-3-2-4-16(17)18/h2-5,12-14H,6-9,11H2,1H3,(H,20,21). The van der Waals surface area contributed by atoms with E-state index >= 15 is 0 Å². The first kappa shape index (κ1) is 13.9. The normalized spacial score (nSPS) is 21.9. The van der Waals surface area contributed by atoms with Gasteiger partial charge in [-0.3, -0.25) is 4.98 Å². The van der Waals surface area contributed by atoms with Crippen molar-refractivity contribution in [1.29, 1.82) is 5.26 Å². The molecule has 1 aromatic carbocycles. The van der Waals surface area contributed by atoms with Gasteiger partial charge in [-0.15, -0.1) is 0 Å². The second kappa shape index (κ2) is 6.13. The van der Waals surface area contributed by atoms with Gasteiger partial charge in [-0.25, -0.2) is 0 Å². The molecule has 1 aliphatic carbocycles. The molecule has 3 nitrogen and oxygen atoms in total. The average molecular weight is 279 g/mol. The van der Waals surface area contributed by atoms with E-state index in [1.807, 2.05) is 24.3 Å². The van der Waals surface area contributed by atoms with Crippen molar-refractivity contribution >= 4 is 16.6 Å². The fourth-order valence-corrected chi connectivity index (χ4v) is 3.20. The molecule has 0 saturated heterocycles. The number of nitrogens with one attached hydrogen (secondary N) is 1. The molecule has 108 valence electrons. The highest BCUT2D eigenvalue weighted by Gasteiger charge is 2.18. The number of nitrogens with zero attached hydrogens (tertiary/aromatic N) is 2. The van der Waals surface area contributed by atoms with Crippen molar-refractivity contribution in [3.8, 4) is 6.07 Å². The number of hydrogen-bond acceptors (Lipinski definition) is 3. The Kier molecular flexibility index (Phi) is 4.06. The van der Waals surface area contributed by atoms with Gasteiger partial charge < -0.3 is 5.32 Å². The van der Waals surface area contributed by atoms with Gasteiger partial charge in [0.15, 0.2) is 0 Å². The summed E-state index contributed by atoms with van der Waals surface area (Å²) in [7, 11) is 0. The van der Waals surface area contributed by atoms with Gasteiger partial charge in [0.05, 0.1) is 16.8 Å². The van der Waals surface area contributed by atoms with Gasteiger partial charge in [0.1, 0.15) is 6.07 Å². The Morgan fingerprint density at radius 3 is 2.76 bits per heavy atom. The molecule has 0 atom stereocenters. The SMILES string of the molecule is CC1CCC(CNc2c(C#N)cnc3ccccc23)CC1. The van der Waals surface area contributed by atoms with Crippen molar-refractivity contribution in [2.24, 2.45) is 11.8 Å². The van der Waals surface area contributed by atoms with Crippen LogP contribution in [-0.4, -0.2) is 11.5 Å². The second-order valence-electron chi connectivity index (χ2n) is 6.18. The molecule has 1 aromatic heterocycles. The lowest BCUT2D eigenvalue weighted by Gasteiger charge is -2.26. The van der Waals surface area contributed by atoms with E-state index in [4.69, 9.17) is 0 Å². The third-order valence-corrected chi connectivity index (χ3v) is 4.60. The lowest BCUT2D eigenvalue weighted by Crippen LogP contribution is -2.20. The maximum absolute atomic E-state index is 9.32. The van der Waals surface area contributed by atoms with E-state index < -0.39 is 0 Å². The summed E-state index contributed by atoms with van der Waals surface area (Å²) in [5, 5.41) is 13.9.